The number of amides is 2. The lowest BCUT2D eigenvalue weighted by Crippen LogP contribution is -2.40. The second-order valence-electron chi connectivity index (χ2n) is 19.8. The van der Waals surface area contributed by atoms with Gasteiger partial charge < -0.3 is 28.7 Å². The molecule has 12 nitrogen and oxygen atoms in total. The summed E-state index contributed by atoms with van der Waals surface area (Å²) in [5.74, 6) is -7.43. The third-order valence-electron chi connectivity index (χ3n) is 13.6. The van der Waals surface area contributed by atoms with Gasteiger partial charge in [-0.25, -0.2) is 8.78 Å². The number of benzene rings is 6. The van der Waals surface area contributed by atoms with Crippen LogP contribution >= 0.6 is 23.5 Å². The van der Waals surface area contributed by atoms with Crippen molar-refractivity contribution in [2.75, 3.05) is 52.0 Å². The Morgan fingerprint density at radius 1 is 0.547 bits per heavy atom. The minimum absolute atomic E-state index is 0.000310. The largest absolute Gasteiger partial charge is 0.416 e. The molecule has 2 amide bonds. The topological polar surface area (TPSA) is 117 Å². The molecule has 10 rings (SSSR count). The van der Waals surface area contributed by atoms with E-state index in [4.69, 9.17) is 42.5 Å². The van der Waals surface area contributed by atoms with Gasteiger partial charge in [-0.05, 0) is 164 Å². The van der Waals surface area contributed by atoms with Gasteiger partial charge in [0.25, 0.3) is 11.1 Å². The van der Waals surface area contributed by atoms with Gasteiger partial charge in [0.05, 0.1) is 37.2 Å². The predicted octanol–water partition coefficient (Wildman–Crippen LogP) is 14.7. The van der Waals surface area contributed by atoms with Crippen molar-refractivity contribution in [3.8, 4) is 22.3 Å². The summed E-state index contributed by atoms with van der Waals surface area (Å²) in [6.07, 6.45) is -20.8. The molecule has 6 aromatic carbocycles. The number of carbonyl (C=O) groups excluding carboxylic acids is 2. The Balaban J connectivity index is 0.000000300. The number of nitrogens with zero attached hydrogens (tertiary/aromatic N) is 8. The molecule has 2 heterocycles. The zero-order valence-corrected chi connectivity index (χ0v) is 52.1. The lowest BCUT2D eigenvalue weighted by molar-refractivity contribution is -0.138. The van der Waals surface area contributed by atoms with Crippen LogP contribution in [0.2, 0.25) is 0 Å². The first-order chi connectivity index (χ1) is 59.6. The van der Waals surface area contributed by atoms with E-state index in [0.717, 1.165) is 45.0 Å². The lowest BCUT2D eigenvalue weighted by atomic mass is 9.98. The fourth-order valence-corrected chi connectivity index (χ4v) is 10.6. The summed E-state index contributed by atoms with van der Waals surface area (Å²) >= 11 is 0.795. The Morgan fingerprint density at radius 3 is 1.59 bits per heavy atom. The molecule has 502 valence electrons. The molecule has 0 unspecified atom stereocenters. The molecule has 0 N–H and O–H groups in total. The fourth-order valence-electron chi connectivity index (χ4n) is 8.83. The van der Waals surface area contributed by atoms with Gasteiger partial charge in [-0.15, -0.1) is 0 Å². The van der Waals surface area contributed by atoms with Gasteiger partial charge in [0.2, 0.25) is 11.8 Å². The number of halogens is 8. The van der Waals surface area contributed by atoms with Crippen molar-refractivity contribution < 1.29 is 95.4 Å². The van der Waals surface area contributed by atoms with Gasteiger partial charge in [0.1, 0.15) is 24.6 Å². The molecule has 2 aliphatic carbocycles. The Hall–Kier alpha value is -7.92. The monoisotopic (exact) mass is 1380 g/mol. The maximum Gasteiger partial charge on any atom is 0.416 e. The summed E-state index contributed by atoms with van der Waals surface area (Å²) in [5, 5.41) is -1.61. The van der Waals surface area contributed by atoms with Crippen molar-refractivity contribution in [1.82, 2.24) is 38.7 Å². The molecule has 0 saturated carbocycles. The molecular formula is C73H78F8N8O4S2. The van der Waals surface area contributed by atoms with E-state index in [1.165, 1.54) is 48.5 Å². The predicted molar refractivity (Wildman–Crippen MR) is 358 cm³/mol. The first-order valence-corrected chi connectivity index (χ1v) is 30.0. The van der Waals surface area contributed by atoms with Crippen LogP contribution in [0, 0.1) is 18.6 Å². The SMILES string of the molecule is [2H]c1c([2H])c(-c2c([2H])c([2H])c(C(F)(F)F)c(C)c2[2H])c([2H])c([2H])c1CN(C(=O)C([2H])([2H])n1c(SCc2ccc(F)cc2)nc(=O)c2c1C([2H])([2H])C([2H])([2H])C2([2H])[2H])C([2H])([2H])C([2H])([2H])N(C([2H])([2H])C)C([2H])([2H])C.[2H]c1c([2H])c(CSc2nc(=O)c3c(n2C([2H])([2H])C(=O)N(Cc2ccc(-c4ccc(C(F)(F)F)cc4)cc2)C([2H])([2H])C([2H])([2H])N(C([2H])([2H])C)C([2H])([2H])C)CCC3)c([2H])c([2H])c1F. The highest BCUT2D eigenvalue weighted by Crippen LogP contribution is 2.36. The number of alkyl halides is 6. The average molecular weight is 1380 g/mol. The van der Waals surface area contributed by atoms with E-state index < -0.39 is 282 Å². The standard InChI is InChI=1S/C37H40F4N4O2S.C36H38F4N4O2S/c1-4-43(5-2)19-20-44(22-26-9-13-28(14-10-26)29-15-18-32(25(3)21-29)37(39,40)41)34(46)23-45-33-8-6-7-31(33)35(47)42-36(45)48-24-27-11-16-30(38)17-12-27;1-3-42(4-2)20-21-43(22-25-8-12-27(13-9-25)28-14-16-29(17-15-28)36(38,39)40)33(45)23-44-32-7-5-6-31(32)34(46)41-35(44)47-24-26-10-18-30(37)19-11-26/h9-18,21H,4-8,19-20,22-24H2,1-3H3;8-19H,3-7,20-24H2,1-2H3/i4D2,5D2,6D2,7D2,8D2,9D,10D,13D,14D,15D,18D,19D2,20D2,21D,23D2;3D2,4D2,10D,11D,18D,19D,20D2,21D2,23D2. The van der Waals surface area contributed by atoms with Crippen LogP contribution in [0.25, 0.3) is 22.3 Å². The van der Waals surface area contributed by atoms with Gasteiger partial charge in [0.15, 0.2) is 10.3 Å². The lowest BCUT2D eigenvalue weighted by Gasteiger charge is -2.28. The number of hydrogen-bond acceptors (Lipinski definition) is 10. The van der Waals surface area contributed by atoms with Gasteiger partial charge in [0, 0.05) is 97.8 Å². The van der Waals surface area contributed by atoms with Gasteiger partial charge in [-0.1, -0.05) is 148 Å². The van der Waals surface area contributed by atoms with Crippen LogP contribution in [0.5, 0.6) is 0 Å². The summed E-state index contributed by atoms with van der Waals surface area (Å²) in [4.78, 5) is 63.8. The van der Waals surface area contributed by atoms with Crippen molar-refractivity contribution in [3.05, 3.63) is 233 Å². The van der Waals surface area contributed by atoms with Crippen molar-refractivity contribution in [2.45, 2.75) is 133 Å². The second kappa shape index (κ2) is 32.7. The summed E-state index contributed by atoms with van der Waals surface area (Å²) in [7, 11) is 0. The van der Waals surface area contributed by atoms with E-state index in [1.807, 2.05) is 0 Å². The fraction of sp³-hybridized carbons (Fsp3) is 0.370. The van der Waals surface area contributed by atoms with Crippen LogP contribution in [-0.4, -0.2) is 102 Å². The molecule has 0 saturated heterocycles. The van der Waals surface area contributed by atoms with E-state index in [0.29, 0.717) is 53.1 Å². The maximum atomic E-state index is 15.3. The third kappa shape index (κ3) is 19.0. The number of hydrogen-bond donors (Lipinski definition) is 0. The molecule has 0 spiro atoms. The first kappa shape index (κ1) is 37.0. The molecule has 0 fully saturated rings. The zero-order chi connectivity index (χ0) is 101. The van der Waals surface area contributed by atoms with Crippen molar-refractivity contribution in [2.24, 2.45) is 0 Å². The summed E-state index contributed by atoms with van der Waals surface area (Å²) < 4.78 is 431. The molecule has 95 heavy (non-hydrogen) atoms. The molecular weight excluding hydrogens is 1270 g/mol. The van der Waals surface area contributed by atoms with Crippen molar-refractivity contribution in [1.29, 1.82) is 0 Å². The summed E-state index contributed by atoms with van der Waals surface area (Å²) in [6.45, 7) is -35.8. The second-order valence-corrected chi connectivity index (χ2v) is 21.7. The Kier molecular flexibility index (Phi) is 12.7. The normalized spacial score (nSPS) is 21.6. The van der Waals surface area contributed by atoms with Crippen LogP contribution in [0.1, 0.15) is 153 Å². The van der Waals surface area contributed by atoms with E-state index in [1.54, 1.807) is 0 Å². The molecule has 0 aliphatic heterocycles. The zero-order valence-electron chi connectivity index (χ0n) is 87.4. The number of rotatable bonds is 26. The maximum absolute atomic E-state index is 15.3. The number of likely N-dealkylation sites (N-methyl/N-ethyl adjacent to an activating group) is 2. The molecule has 2 aromatic heterocycles. The average Bonchev–Trinajstić information content (AvgIpc) is 1.50. The van der Waals surface area contributed by atoms with Crippen LogP contribution in [0.3, 0.4) is 0 Å². The Morgan fingerprint density at radius 2 is 1.04 bits per heavy atom. The Bertz CT molecular complexity index is 5880. The highest BCUT2D eigenvalue weighted by Gasteiger charge is 2.33. The highest BCUT2D eigenvalue weighted by atomic mass is 32.2. The van der Waals surface area contributed by atoms with Crippen LogP contribution in [0.4, 0.5) is 35.1 Å². The van der Waals surface area contributed by atoms with E-state index in [-0.39, 0.29) is 66.5 Å². The number of aromatic nitrogens is 4. The first-order valence-electron chi connectivity index (χ1n) is 46.5. The Labute approximate surface area is 609 Å². The number of thioether (sulfide) groups is 2. The van der Waals surface area contributed by atoms with Crippen LogP contribution < -0.4 is 11.1 Å². The summed E-state index contributed by atoms with van der Waals surface area (Å²) in [6, 6.07) is 0.874. The van der Waals surface area contributed by atoms with E-state index in [2.05, 4.69) is 9.97 Å². The van der Waals surface area contributed by atoms with Crippen molar-refractivity contribution >= 4 is 35.3 Å². The minimum atomic E-state index is -5.29. The van der Waals surface area contributed by atoms with Crippen LogP contribution in [0.15, 0.2) is 159 Å². The third-order valence-corrected chi connectivity index (χ3v) is 15.5. The number of carbonyl (C=O) groups is 2. The molecule has 0 atom stereocenters. The van der Waals surface area contributed by atoms with Crippen LogP contribution in [-0.2, 0) is 85.1 Å². The number of fused-ring (bicyclic) bond motifs is 2. The van der Waals surface area contributed by atoms with E-state index in [9.17, 15) is 57.7 Å². The smallest absolute Gasteiger partial charge is 0.336 e. The van der Waals surface area contributed by atoms with Gasteiger partial charge >= 0.3 is 12.4 Å². The molecule has 8 aromatic rings. The minimum Gasteiger partial charge on any atom is -0.336 e. The van der Waals surface area contributed by atoms with Crippen molar-refractivity contribution in [3.63, 3.8) is 0 Å². The molecule has 2 aliphatic rings. The summed E-state index contributed by atoms with van der Waals surface area (Å²) in [5.41, 5.74) is -11.9. The molecule has 0 bridgehead atoms. The van der Waals surface area contributed by atoms with Gasteiger partial charge in [-0.2, -0.15) is 36.3 Å². The molecule has 0 radical (unpaired) electrons. The highest BCUT2D eigenvalue weighted by molar-refractivity contribution is 7.98. The van der Waals surface area contributed by atoms with Gasteiger partial charge in [-0.3, -0.25) is 19.2 Å². The molecule has 22 heteroatoms. The quantitative estimate of drug-likeness (QED) is 0.0295. The van der Waals surface area contributed by atoms with E-state index >= 15 is 4.79 Å².